The third-order valence-corrected chi connectivity index (χ3v) is 0. The van der Waals surface area contributed by atoms with Gasteiger partial charge in [0, 0.05) is 0 Å². The van der Waals surface area contributed by atoms with E-state index in [4.69, 9.17) is 0 Å². The summed E-state index contributed by atoms with van der Waals surface area (Å²) >= 11 is 0. The van der Waals surface area contributed by atoms with E-state index in [1.165, 1.54) is 0 Å². The smallest absolute Gasteiger partial charge is 2.00 e. The normalized spacial score (nSPS) is 0. The Morgan fingerprint density at radius 3 is 0.667 bits per heavy atom. The van der Waals surface area contributed by atoms with Gasteiger partial charge in [0.1, 0.15) is 0 Å². The van der Waals surface area contributed by atoms with E-state index in [-0.39, 0.29) is 69.1 Å². The summed E-state index contributed by atoms with van der Waals surface area (Å²) in [5, 5.41) is 0. The van der Waals surface area contributed by atoms with E-state index in [1.807, 2.05) is 0 Å². The zero-order valence-corrected chi connectivity index (χ0v) is 7.73. The minimum Gasteiger partial charge on any atom is -2.00 e. The van der Waals surface area contributed by atoms with Crippen molar-refractivity contribution in [3.8, 4) is 0 Å². The number of rotatable bonds is 0. The van der Waals surface area contributed by atoms with Crippen molar-refractivity contribution in [1.82, 2.24) is 0 Å². The monoisotopic (exact) mass is 145 g/mol. The second-order valence-corrected chi connectivity index (χ2v) is 0. The van der Waals surface area contributed by atoms with Crippen LogP contribution in [0.25, 0.3) is 0 Å². The molecule has 0 saturated carbocycles. The SMILES string of the molecule is [Be+2].[Mg+2].[O-2].[O-2].[O-2].[Zn+2]. The summed E-state index contributed by atoms with van der Waals surface area (Å²) < 4.78 is 0. The molecule has 0 unspecified atom stereocenters. The molecule has 0 heterocycles. The Kier molecular flexibility index (Phi) is 2290. The summed E-state index contributed by atoms with van der Waals surface area (Å²) in [6, 6.07) is 0. The van der Waals surface area contributed by atoms with Gasteiger partial charge in [0.25, 0.3) is 0 Å². The van der Waals surface area contributed by atoms with Crippen molar-refractivity contribution in [3.63, 3.8) is 0 Å². The molecule has 0 bridgehead atoms. The number of hydrogen-bond donors (Lipinski definition) is 0. The van der Waals surface area contributed by atoms with Crippen LogP contribution in [0.3, 0.4) is 0 Å². The van der Waals surface area contributed by atoms with Crippen LogP contribution in [0.4, 0.5) is 0 Å². The quantitative estimate of drug-likeness (QED) is 0.388. The van der Waals surface area contributed by atoms with Crippen molar-refractivity contribution in [2.24, 2.45) is 0 Å². The summed E-state index contributed by atoms with van der Waals surface area (Å²) in [7, 11) is 0. The Labute approximate surface area is 68.9 Å². The first-order valence-corrected chi connectivity index (χ1v) is 0. The van der Waals surface area contributed by atoms with Gasteiger partial charge in [-0.15, -0.1) is 0 Å². The van der Waals surface area contributed by atoms with Gasteiger partial charge in [-0.2, -0.15) is 0 Å². The van der Waals surface area contributed by atoms with E-state index in [2.05, 4.69) is 0 Å². The fraction of sp³-hybridized carbons (Fsp3) is 0. The van der Waals surface area contributed by atoms with E-state index in [0.717, 1.165) is 0 Å². The number of hydrogen-bond acceptors (Lipinski definition) is 0. The van der Waals surface area contributed by atoms with Crippen LogP contribution in [0.1, 0.15) is 0 Å². The van der Waals surface area contributed by atoms with Gasteiger partial charge in [-0.05, 0) is 0 Å². The molecule has 0 aromatic rings. The molecule has 0 aliphatic carbocycles. The minimum absolute atomic E-state index is 0. The predicted molar refractivity (Wildman–Crippen MR) is 13.6 cm³/mol. The molecular weight excluding hydrogens is 147 g/mol. The molecule has 0 rings (SSSR count). The average Bonchev–Trinajstić information content (AvgIpc) is 0. The van der Waals surface area contributed by atoms with Crippen molar-refractivity contribution >= 4 is 33.2 Å². The van der Waals surface area contributed by atoms with Crippen LogP contribution in [0.15, 0.2) is 0 Å². The summed E-state index contributed by atoms with van der Waals surface area (Å²) in [4.78, 5) is 0. The minimum atomic E-state index is 0. The largest absolute Gasteiger partial charge is 2.00 e. The van der Waals surface area contributed by atoms with Crippen LogP contribution >= 0.6 is 0 Å². The van der Waals surface area contributed by atoms with E-state index in [1.54, 1.807) is 0 Å². The van der Waals surface area contributed by atoms with Crippen LogP contribution in [-0.2, 0) is 35.9 Å². The molecule has 0 spiro atoms. The molecule has 0 aromatic carbocycles. The van der Waals surface area contributed by atoms with E-state index in [0.29, 0.717) is 0 Å². The van der Waals surface area contributed by atoms with Gasteiger partial charge in [0.15, 0.2) is 0 Å². The topological polar surface area (TPSA) is 85.5 Å². The zero-order valence-electron chi connectivity index (χ0n) is 3.35. The van der Waals surface area contributed by atoms with Crippen molar-refractivity contribution < 1.29 is 35.9 Å². The molecule has 6 heteroatoms. The van der Waals surface area contributed by atoms with Crippen LogP contribution in [0.2, 0.25) is 0 Å². The summed E-state index contributed by atoms with van der Waals surface area (Å²) in [5.41, 5.74) is 0. The molecule has 0 aliphatic rings. The van der Waals surface area contributed by atoms with Gasteiger partial charge in [-0.1, -0.05) is 0 Å². The Morgan fingerprint density at radius 2 is 0.667 bits per heavy atom. The molecule has 0 saturated heterocycles. The first kappa shape index (κ1) is 149. The fourth-order valence-corrected chi connectivity index (χ4v) is 0. The predicted octanol–water partition coefficient (Wildman–Crippen LogP) is -1.12. The van der Waals surface area contributed by atoms with E-state index >= 15 is 0 Å². The van der Waals surface area contributed by atoms with Gasteiger partial charge < -0.3 is 16.4 Å². The van der Waals surface area contributed by atoms with Crippen LogP contribution in [0, 0.1) is 0 Å². The van der Waals surface area contributed by atoms with Crippen LogP contribution in [-0.4, -0.2) is 33.2 Å². The van der Waals surface area contributed by atoms with Crippen LogP contribution < -0.4 is 0 Å². The summed E-state index contributed by atoms with van der Waals surface area (Å²) in [6.45, 7) is 0. The maximum atomic E-state index is 0. The molecule has 0 aliphatic heterocycles. The molecule has 0 amide bonds. The maximum absolute atomic E-state index is 0. The molecule has 24 valence electrons. The van der Waals surface area contributed by atoms with Gasteiger partial charge in [0.2, 0.25) is 0 Å². The summed E-state index contributed by atoms with van der Waals surface area (Å²) in [5.74, 6) is 0. The van der Waals surface area contributed by atoms with Gasteiger partial charge in [-0.3, -0.25) is 0 Å². The zero-order chi connectivity index (χ0) is 0. The van der Waals surface area contributed by atoms with E-state index < -0.39 is 0 Å². The van der Waals surface area contributed by atoms with Crippen molar-refractivity contribution in [2.75, 3.05) is 0 Å². The standard InChI is InChI=1S/Be.Mg.3O.Zn/q2*+2;3*-2;+2. The third kappa shape index (κ3) is 51.8. The maximum Gasteiger partial charge on any atom is 2.00 e. The Bertz CT molecular complexity index is 10.8. The van der Waals surface area contributed by atoms with Crippen molar-refractivity contribution in [1.29, 1.82) is 0 Å². The molecule has 0 radical (unpaired) electrons. The van der Waals surface area contributed by atoms with Gasteiger partial charge in [-0.25, -0.2) is 0 Å². The molecule has 0 fully saturated rings. The van der Waals surface area contributed by atoms with Gasteiger partial charge in [0.05, 0.1) is 0 Å². The second kappa shape index (κ2) is 92.0. The second-order valence-electron chi connectivity index (χ2n) is 0. The van der Waals surface area contributed by atoms with Crippen molar-refractivity contribution in [3.05, 3.63) is 0 Å². The molecule has 3 nitrogen and oxygen atoms in total. The summed E-state index contributed by atoms with van der Waals surface area (Å²) in [6.07, 6.45) is 0. The fourth-order valence-electron chi connectivity index (χ4n) is 0. The third-order valence-electron chi connectivity index (χ3n) is 0. The molecule has 0 aromatic heterocycles. The van der Waals surface area contributed by atoms with Crippen LogP contribution in [0.5, 0.6) is 0 Å². The van der Waals surface area contributed by atoms with Crippen molar-refractivity contribution in [2.45, 2.75) is 0 Å². The molecule has 0 N–H and O–H groups in total. The average molecular weight is 147 g/mol. The van der Waals surface area contributed by atoms with E-state index in [9.17, 15) is 0 Å². The first-order valence-electron chi connectivity index (χ1n) is 0. The Morgan fingerprint density at radius 1 is 0.667 bits per heavy atom. The Balaban J connectivity index is 0. The molecule has 6 heavy (non-hydrogen) atoms. The molecule has 0 atom stereocenters. The first-order chi connectivity index (χ1) is 0. The Hall–Kier alpha value is 1.44. The van der Waals surface area contributed by atoms with Gasteiger partial charge >= 0.3 is 52.7 Å². The molecular formula is BeMgO3Zn.